The van der Waals surface area contributed by atoms with Crippen molar-refractivity contribution in [2.24, 2.45) is 0 Å². The predicted octanol–water partition coefficient (Wildman–Crippen LogP) is 4.74. The van der Waals surface area contributed by atoms with Crippen LogP contribution < -0.4 is 4.74 Å². The molecule has 0 saturated heterocycles. The normalized spacial score (nSPS) is 14.4. The Labute approximate surface area is 134 Å². The van der Waals surface area contributed by atoms with E-state index in [2.05, 4.69) is 9.97 Å². The Hall–Kier alpha value is -1.39. The molecule has 1 aliphatic carbocycles. The summed E-state index contributed by atoms with van der Waals surface area (Å²) in [4.78, 5) is 8.03. The molecule has 1 aromatic heterocycles. The van der Waals surface area contributed by atoms with Crippen molar-refractivity contribution < 1.29 is 4.74 Å². The van der Waals surface area contributed by atoms with Gasteiger partial charge < -0.3 is 9.72 Å². The number of hydrogen-bond acceptors (Lipinski definition) is 3. The molecule has 0 atom stereocenters. The Morgan fingerprint density at radius 2 is 2.05 bits per heavy atom. The minimum atomic E-state index is 0.643. The Balaban J connectivity index is 2.14. The third-order valence-electron chi connectivity index (χ3n) is 3.88. The molecule has 0 amide bonds. The highest BCUT2D eigenvalue weighted by Crippen LogP contribution is 2.31. The van der Waals surface area contributed by atoms with Crippen molar-refractivity contribution in [1.29, 1.82) is 0 Å². The number of nitrogens with zero attached hydrogens (tertiary/aromatic N) is 1. The van der Waals surface area contributed by atoms with Gasteiger partial charge in [0.2, 0.25) is 0 Å². The number of hydrogen-bond donors (Lipinski definition) is 1. The largest absolute Gasteiger partial charge is 0.496 e. The van der Waals surface area contributed by atoms with Gasteiger partial charge in [-0.1, -0.05) is 30.2 Å². The monoisotopic (exact) mass is 320 g/mol. The predicted molar refractivity (Wildman–Crippen MR) is 87.7 cm³/mol. The summed E-state index contributed by atoms with van der Waals surface area (Å²) in [6.45, 7) is 0. The van der Waals surface area contributed by atoms with E-state index in [1.54, 1.807) is 13.2 Å². The number of benzene rings is 1. The SMILES string of the molecule is COc1cc(Cl)ccc1-c1nc(=S)c2c([nH]1)CCCCC2. The Morgan fingerprint density at radius 1 is 1.24 bits per heavy atom. The summed E-state index contributed by atoms with van der Waals surface area (Å²) in [6, 6.07) is 5.54. The minimum absolute atomic E-state index is 0.643. The summed E-state index contributed by atoms with van der Waals surface area (Å²) in [5, 5.41) is 0.643. The molecule has 0 radical (unpaired) electrons. The van der Waals surface area contributed by atoms with Crippen molar-refractivity contribution in [3.05, 3.63) is 39.1 Å². The van der Waals surface area contributed by atoms with Crippen LogP contribution in [0.3, 0.4) is 0 Å². The minimum Gasteiger partial charge on any atom is -0.496 e. The molecule has 1 N–H and O–H groups in total. The lowest BCUT2D eigenvalue weighted by molar-refractivity contribution is 0.416. The molecule has 110 valence electrons. The standard InChI is InChI=1S/C16H17ClN2OS/c1-20-14-9-10(17)7-8-12(14)15-18-13-6-4-2-3-5-11(13)16(21)19-15/h7-9H,2-6H2,1H3,(H,18,19,21). The molecule has 0 spiro atoms. The van der Waals surface area contributed by atoms with E-state index in [4.69, 9.17) is 28.6 Å². The molecule has 0 unspecified atom stereocenters. The second-order valence-electron chi connectivity index (χ2n) is 5.25. The molecule has 0 bridgehead atoms. The van der Waals surface area contributed by atoms with Gasteiger partial charge in [-0.2, -0.15) is 0 Å². The van der Waals surface area contributed by atoms with Crippen LogP contribution in [0.4, 0.5) is 0 Å². The summed E-state index contributed by atoms with van der Waals surface area (Å²) in [7, 11) is 1.63. The van der Waals surface area contributed by atoms with E-state index in [1.807, 2.05) is 12.1 Å². The second kappa shape index (κ2) is 6.16. The van der Waals surface area contributed by atoms with E-state index in [0.717, 1.165) is 24.2 Å². The van der Waals surface area contributed by atoms with Crippen molar-refractivity contribution in [1.82, 2.24) is 9.97 Å². The number of halogens is 1. The zero-order chi connectivity index (χ0) is 14.8. The maximum atomic E-state index is 6.02. The molecular weight excluding hydrogens is 304 g/mol. The average molecular weight is 321 g/mol. The van der Waals surface area contributed by atoms with Gasteiger partial charge in [0, 0.05) is 16.3 Å². The van der Waals surface area contributed by atoms with E-state index < -0.39 is 0 Å². The Kier molecular flexibility index (Phi) is 4.27. The van der Waals surface area contributed by atoms with Gasteiger partial charge in [0.15, 0.2) is 0 Å². The fourth-order valence-electron chi connectivity index (χ4n) is 2.78. The number of methoxy groups -OCH3 is 1. The molecular formula is C16H17ClN2OS. The summed E-state index contributed by atoms with van der Waals surface area (Å²) in [6.07, 6.45) is 5.69. The van der Waals surface area contributed by atoms with Gasteiger partial charge in [0.1, 0.15) is 16.2 Å². The fraction of sp³-hybridized carbons (Fsp3) is 0.375. The number of aryl methyl sites for hydroxylation is 1. The molecule has 3 rings (SSSR count). The van der Waals surface area contributed by atoms with Gasteiger partial charge in [0.25, 0.3) is 0 Å². The molecule has 0 fully saturated rings. The van der Waals surface area contributed by atoms with Gasteiger partial charge in [-0.3, -0.25) is 0 Å². The van der Waals surface area contributed by atoms with Crippen LogP contribution in [0.2, 0.25) is 5.02 Å². The van der Waals surface area contributed by atoms with Crippen LogP contribution in [-0.4, -0.2) is 17.1 Å². The zero-order valence-electron chi connectivity index (χ0n) is 11.9. The van der Waals surface area contributed by atoms with Crippen LogP contribution in [0.5, 0.6) is 5.75 Å². The topological polar surface area (TPSA) is 37.9 Å². The number of ether oxygens (including phenoxy) is 1. The van der Waals surface area contributed by atoms with Crippen LogP contribution in [0.25, 0.3) is 11.4 Å². The number of nitrogens with one attached hydrogen (secondary N) is 1. The molecule has 0 aliphatic heterocycles. The molecule has 1 aromatic carbocycles. The van der Waals surface area contributed by atoms with Crippen molar-refractivity contribution in [2.75, 3.05) is 7.11 Å². The van der Waals surface area contributed by atoms with Crippen LogP contribution in [0.15, 0.2) is 18.2 Å². The molecule has 21 heavy (non-hydrogen) atoms. The molecule has 3 nitrogen and oxygen atoms in total. The quantitative estimate of drug-likeness (QED) is 0.641. The highest BCUT2D eigenvalue weighted by atomic mass is 35.5. The van der Waals surface area contributed by atoms with Crippen molar-refractivity contribution >= 4 is 23.8 Å². The molecule has 1 aliphatic rings. The van der Waals surface area contributed by atoms with Gasteiger partial charge in [-0.15, -0.1) is 0 Å². The van der Waals surface area contributed by atoms with Crippen molar-refractivity contribution in [3.8, 4) is 17.1 Å². The van der Waals surface area contributed by atoms with E-state index in [-0.39, 0.29) is 0 Å². The lowest BCUT2D eigenvalue weighted by Crippen LogP contribution is -2.02. The maximum Gasteiger partial charge on any atom is 0.142 e. The number of aromatic amines is 1. The van der Waals surface area contributed by atoms with E-state index >= 15 is 0 Å². The summed E-state index contributed by atoms with van der Waals surface area (Å²) < 4.78 is 6.12. The summed E-state index contributed by atoms with van der Waals surface area (Å²) in [5.74, 6) is 1.46. The average Bonchev–Trinajstić information content (AvgIpc) is 2.72. The highest BCUT2D eigenvalue weighted by Gasteiger charge is 2.15. The van der Waals surface area contributed by atoms with E-state index in [9.17, 15) is 0 Å². The van der Waals surface area contributed by atoms with Gasteiger partial charge in [-0.05, 0) is 43.9 Å². The van der Waals surface area contributed by atoms with Gasteiger partial charge in [-0.25, -0.2) is 4.98 Å². The van der Waals surface area contributed by atoms with E-state index in [1.165, 1.54) is 30.5 Å². The maximum absolute atomic E-state index is 6.02. The first kappa shape index (κ1) is 14.5. The van der Waals surface area contributed by atoms with Crippen LogP contribution in [0, 0.1) is 4.64 Å². The number of fused-ring (bicyclic) bond motifs is 1. The smallest absolute Gasteiger partial charge is 0.142 e. The first-order valence-corrected chi connectivity index (χ1v) is 7.93. The fourth-order valence-corrected chi connectivity index (χ4v) is 3.26. The van der Waals surface area contributed by atoms with Crippen molar-refractivity contribution in [2.45, 2.75) is 32.1 Å². The Morgan fingerprint density at radius 3 is 2.86 bits per heavy atom. The molecule has 2 aromatic rings. The number of aromatic nitrogens is 2. The van der Waals surface area contributed by atoms with E-state index in [0.29, 0.717) is 15.4 Å². The molecule has 5 heteroatoms. The third kappa shape index (κ3) is 2.97. The first-order valence-electron chi connectivity index (χ1n) is 7.15. The Bertz CT molecular complexity index is 727. The zero-order valence-corrected chi connectivity index (χ0v) is 13.5. The summed E-state index contributed by atoms with van der Waals surface area (Å²) >= 11 is 11.5. The third-order valence-corrected chi connectivity index (χ3v) is 4.45. The van der Waals surface area contributed by atoms with Crippen LogP contribution in [-0.2, 0) is 12.8 Å². The number of H-pyrrole nitrogens is 1. The van der Waals surface area contributed by atoms with Gasteiger partial charge in [0.05, 0.1) is 12.7 Å². The van der Waals surface area contributed by atoms with Crippen molar-refractivity contribution in [3.63, 3.8) is 0 Å². The highest BCUT2D eigenvalue weighted by molar-refractivity contribution is 7.71. The van der Waals surface area contributed by atoms with Crippen LogP contribution in [0.1, 0.15) is 30.5 Å². The molecule has 1 heterocycles. The summed E-state index contributed by atoms with van der Waals surface area (Å²) in [5.41, 5.74) is 3.32. The first-order chi connectivity index (χ1) is 10.2. The lowest BCUT2D eigenvalue weighted by Gasteiger charge is -2.12. The van der Waals surface area contributed by atoms with Crippen LogP contribution >= 0.6 is 23.8 Å². The lowest BCUT2D eigenvalue weighted by atomic mass is 10.1. The number of rotatable bonds is 2. The van der Waals surface area contributed by atoms with Gasteiger partial charge >= 0.3 is 0 Å². The second-order valence-corrected chi connectivity index (χ2v) is 6.08. The molecule has 0 saturated carbocycles.